The van der Waals surface area contributed by atoms with E-state index in [-0.39, 0.29) is 6.03 Å². The average Bonchev–Trinajstić information content (AvgIpc) is 3.16. The van der Waals surface area contributed by atoms with E-state index in [4.69, 9.17) is 0 Å². The van der Waals surface area contributed by atoms with E-state index in [1.807, 2.05) is 17.5 Å². The smallest absolute Gasteiger partial charge is 0.326 e. The minimum absolute atomic E-state index is 0.289. The zero-order chi connectivity index (χ0) is 15.8. The molecule has 0 aliphatic rings. The van der Waals surface area contributed by atoms with E-state index < -0.39 is 0 Å². The maximum Gasteiger partial charge on any atom is 0.326 e. The fourth-order valence-corrected chi connectivity index (χ4v) is 4.27. The Labute approximate surface area is 142 Å². The summed E-state index contributed by atoms with van der Waals surface area (Å²) in [7, 11) is 0. The van der Waals surface area contributed by atoms with E-state index in [1.54, 1.807) is 16.7 Å². The summed E-state index contributed by atoms with van der Waals surface area (Å²) in [5.74, 6) is 1.01. The molecule has 22 heavy (non-hydrogen) atoms. The molecule has 0 bridgehead atoms. The van der Waals surface area contributed by atoms with Crippen LogP contribution in [0.4, 0.5) is 14.9 Å². The molecule has 0 aliphatic heterocycles. The van der Waals surface area contributed by atoms with Gasteiger partial charge >= 0.3 is 6.03 Å². The largest absolute Gasteiger partial charge is 0.335 e. The Balaban J connectivity index is 1.75. The molecule has 2 aromatic rings. The minimum Gasteiger partial charge on any atom is -0.335 e. The molecule has 2 aromatic heterocycles. The van der Waals surface area contributed by atoms with Gasteiger partial charge in [0.05, 0.1) is 24.6 Å². The van der Waals surface area contributed by atoms with Gasteiger partial charge in [0.1, 0.15) is 0 Å². The first-order valence-corrected chi connectivity index (χ1v) is 9.80. The first-order valence-electron chi connectivity index (χ1n) is 7.12. The Bertz CT molecular complexity index is 568. The number of carbonyl (C=O) groups is 1. The zero-order valence-electron chi connectivity index (χ0n) is 12.6. The van der Waals surface area contributed by atoms with Crippen molar-refractivity contribution in [1.82, 2.24) is 10.2 Å². The van der Waals surface area contributed by atoms with Crippen LogP contribution in [0.1, 0.15) is 13.8 Å². The Kier molecular flexibility index (Phi) is 7.10. The number of urea groups is 1. The van der Waals surface area contributed by atoms with Crippen LogP contribution in [-0.2, 0) is 0 Å². The molecule has 2 amide bonds. The van der Waals surface area contributed by atoms with Gasteiger partial charge in [0.15, 0.2) is 4.34 Å². The molecule has 120 valence electrons. The normalized spacial score (nSPS) is 10.9. The summed E-state index contributed by atoms with van der Waals surface area (Å²) in [6, 6.07) is 3.45. The number of aromatic nitrogens is 2. The van der Waals surface area contributed by atoms with Crippen LogP contribution in [-0.4, -0.2) is 41.6 Å². The Morgan fingerprint density at radius 1 is 1.32 bits per heavy atom. The van der Waals surface area contributed by atoms with E-state index >= 15 is 0 Å². The van der Waals surface area contributed by atoms with Gasteiger partial charge in [-0.2, -0.15) is 0 Å². The molecular weight excluding hydrogens is 338 g/mol. The minimum atomic E-state index is -0.289. The second-order valence-electron chi connectivity index (χ2n) is 4.49. The number of quaternary nitrogens is 1. The van der Waals surface area contributed by atoms with Gasteiger partial charge in [-0.25, -0.2) is 4.79 Å². The molecule has 3 N–H and O–H groups in total. The van der Waals surface area contributed by atoms with E-state index in [9.17, 15) is 4.79 Å². The number of rotatable bonds is 8. The highest BCUT2D eigenvalue weighted by molar-refractivity contribution is 8.01. The van der Waals surface area contributed by atoms with Crippen LogP contribution in [0.2, 0.25) is 0 Å². The van der Waals surface area contributed by atoms with Gasteiger partial charge in [-0.1, -0.05) is 23.1 Å². The van der Waals surface area contributed by atoms with Gasteiger partial charge in [-0.15, -0.1) is 21.5 Å². The second-order valence-corrected chi connectivity index (χ2v) is 7.75. The van der Waals surface area contributed by atoms with Gasteiger partial charge in [0.2, 0.25) is 5.13 Å². The molecule has 9 heteroatoms. The predicted octanol–water partition coefficient (Wildman–Crippen LogP) is 2.26. The van der Waals surface area contributed by atoms with Crippen LogP contribution >= 0.6 is 34.4 Å². The van der Waals surface area contributed by atoms with Gasteiger partial charge in [0.25, 0.3) is 0 Å². The lowest BCUT2D eigenvalue weighted by Crippen LogP contribution is -3.11. The van der Waals surface area contributed by atoms with Crippen LogP contribution in [0.15, 0.2) is 21.9 Å². The topological polar surface area (TPSA) is 71.3 Å². The lowest BCUT2D eigenvalue weighted by Gasteiger charge is -2.13. The quantitative estimate of drug-likeness (QED) is 0.500. The molecule has 0 saturated carbocycles. The van der Waals surface area contributed by atoms with Crippen molar-refractivity contribution in [1.29, 1.82) is 0 Å². The number of nitrogens with zero attached hydrogens (tertiary/aromatic N) is 2. The monoisotopic (exact) mass is 358 g/mol. The zero-order valence-corrected chi connectivity index (χ0v) is 15.0. The molecule has 0 unspecified atom stereocenters. The van der Waals surface area contributed by atoms with Gasteiger partial charge in [-0.3, -0.25) is 10.6 Å². The van der Waals surface area contributed by atoms with Crippen molar-refractivity contribution in [3.05, 3.63) is 17.5 Å². The maximum absolute atomic E-state index is 11.8. The molecule has 0 saturated heterocycles. The van der Waals surface area contributed by atoms with E-state index in [0.29, 0.717) is 5.13 Å². The van der Waals surface area contributed by atoms with Crippen LogP contribution < -0.4 is 15.5 Å². The molecule has 0 fully saturated rings. The number of anilines is 2. The predicted molar refractivity (Wildman–Crippen MR) is 94.5 cm³/mol. The van der Waals surface area contributed by atoms with Gasteiger partial charge < -0.3 is 4.90 Å². The fraction of sp³-hybridized carbons (Fsp3) is 0.462. The van der Waals surface area contributed by atoms with E-state index in [0.717, 1.165) is 34.7 Å². The molecule has 0 radical (unpaired) electrons. The van der Waals surface area contributed by atoms with Crippen molar-refractivity contribution < 1.29 is 9.69 Å². The second kappa shape index (κ2) is 9.09. The van der Waals surface area contributed by atoms with Crippen molar-refractivity contribution in [3.63, 3.8) is 0 Å². The van der Waals surface area contributed by atoms with Crippen molar-refractivity contribution in [2.45, 2.75) is 18.2 Å². The highest BCUT2D eigenvalue weighted by atomic mass is 32.2. The van der Waals surface area contributed by atoms with Gasteiger partial charge in [0, 0.05) is 5.75 Å². The van der Waals surface area contributed by atoms with E-state index in [1.165, 1.54) is 22.7 Å². The summed E-state index contributed by atoms with van der Waals surface area (Å²) in [6.07, 6.45) is 0. The van der Waals surface area contributed by atoms with Crippen molar-refractivity contribution in [2.24, 2.45) is 0 Å². The molecular formula is C13H20N5OS3+. The number of thioether (sulfide) groups is 1. The van der Waals surface area contributed by atoms with Crippen LogP contribution in [0.5, 0.6) is 0 Å². The van der Waals surface area contributed by atoms with Crippen molar-refractivity contribution in [2.75, 3.05) is 36.0 Å². The summed E-state index contributed by atoms with van der Waals surface area (Å²) in [4.78, 5) is 13.4. The summed E-state index contributed by atoms with van der Waals surface area (Å²) < 4.78 is 0.887. The number of hydrogen-bond acceptors (Lipinski definition) is 6. The van der Waals surface area contributed by atoms with Crippen LogP contribution in [0, 0.1) is 0 Å². The molecule has 0 atom stereocenters. The standard InChI is InChI=1S/C13H19N5OS3/c1-3-18(4-2)7-9-21-13-17-16-12(22-13)15-11(19)14-10-6-5-8-20-10/h5-6,8H,3-4,7,9H2,1-2H3,(H2,14,15,16,19)/p+1. The summed E-state index contributed by atoms with van der Waals surface area (Å²) in [5.41, 5.74) is 0. The number of nitrogens with one attached hydrogen (secondary N) is 3. The van der Waals surface area contributed by atoms with Crippen molar-refractivity contribution in [3.8, 4) is 0 Å². The number of hydrogen-bond donors (Lipinski definition) is 3. The third kappa shape index (κ3) is 5.56. The van der Waals surface area contributed by atoms with Crippen LogP contribution in [0.25, 0.3) is 0 Å². The average molecular weight is 359 g/mol. The highest BCUT2D eigenvalue weighted by Gasteiger charge is 2.10. The molecule has 0 spiro atoms. The summed E-state index contributed by atoms with van der Waals surface area (Å²) in [5, 5.41) is 16.8. The number of carbonyl (C=O) groups excluding carboxylic acids is 1. The van der Waals surface area contributed by atoms with E-state index in [2.05, 4.69) is 34.7 Å². The summed E-state index contributed by atoms with van der Waals surface area (Å²) in [6.45, 7) is 7.79. The third-order valence-corrected chi connectivity index (χ3v) is 5.83. The first-order chi connectivity index (χ1) is 10.7. The van der Waals surface area contributed by atoms with Crippen LogP contribution in [0.3, 0.4) is 0 Å². The fourth-order valence-electron chi connectivity index (χ4n) is 1.79. The third-order valence-electron chi connectivity index (χ3n) is 3.07. The lowest BCUT2D eigenvalue weighted by atomic mass is 10.5. The first kappa shape index (κ1) is 17.2. The SMILES string of the molecule is CC[NH+](CC)CCSc1nnc(NC(=O)Nc2cccs2)s1. The van der Waals surface area contributed by atoms with Crippen molar-refractivity contribution >= 4 is 50.6 Å². The Morgan fingerprint density at radius 3 is 2.82 bits per heavy atom. The molecule has 2 heterocycles. The number of amides is 2. The lowest BCUT2D eigenvalue weighted by molar-refractivity contribution is -0.893. The van der Waals surface area contributed by atoms with Gasteiger partial charge in [-0.05, 0) is 31.4 Å². The Hall–Kier alpha value is -1.16. The molecule has 0 aliphatic carbocycles. The molecule has 6 nitrogen and oxygen atoms in total. The number of thiophene rings is 1. The Morgan fingerprint density at radius 2 is 2.14 bits per heavy atom. The molecule has 2 rings (SSSR count). The molecule has 0 aromatic carbocycles. The summed E-state index contributed by atoms with van der Waals surface area (Å²) >= 11 is 4.56. The maximum atomic E-state index is 11.8. The highest BCUT2D eigenvalue weighted by Crippen LogP contribution is 2.25.